The molecule has 1 aliphatic rings. The number of rotatable bonds is 3. The number of allylic oxidation sites excluding steroid dienone is 4. The summed E-state index contributed by atoms with van der Waals surface area (Å²) in [5.41, 5.74) is 1.94. The second-order valence-corrected chi connectivity index (χ2v) is 7.70. The van der Waals surface area contributed by atoms with E-state index in [-0.39, 0.29) is 9.92 Å². The number of hydrogen-bond donors (Lipinski definition) is 1. The second-order valence-electron chi connectivity index (χ2n) is 5.73. The van der Waals surface area contributed by atoms with E-state index in [1.165, 1.54) is 24.3 Å². The maximum Gasteiger partial charge on any atom is 0.417 e. The lowest BCUT2D eigenvalue weighted by atomic mass is 9.94. The number of halogens is 4. The van der Waals surface area contributed by atoms with Gasteiger partial charge in [-0.1, -0.05) is 42.0 Å². The number of primary sulfonamides is 1. The molecule has 0 amide bonds. The Kier molecular flexibility index (Phi) is 4.72. The Morgan fingerprint density at radius 2 is 1.46 bits per heavy atom. The monoisotopic (exact) mass is 399 g/mol. The zero-order chi connectivity index (χ0) is 19.1. The van der Waals surface area contributed by atoms with Crippen molar-refractivity contribution < 1.29 is 21.6 Å². The minimum absolute atomic E-state index is 0.0112. The average Bonchev–Trinajstić information content (AvgIpc) is 3.02. The molecular weight excluding hydrogens is 387 g/mol. The number of sulfonamides is 1. The van der Waals surface area contributed by atoms with Crippen LogP contribution in [0.25, 0.3) is 11.1 Å². The van der Waals surface area contributed by atoms with Gasteiger partial charge in [0.15, 0.2) is 0 Å². The quantitative estimate of drug-likeness (QED) is 0.799. The van der Waals surface area contributed by atoms with E-state index in [9.17, 15) is 21.6 Å². The highest BCUT2D eigenvalue weighted by Crippen LogP contribution is 2.40. The summed E-state index contributed by atoms with van der Waals surface area (Å²) in [5.74, 6) is 0. The van der Waals surface area contributed by atoms with E-state index in [1.807, 2.05) is 12.2 Å². The molecule has 1 aliphatic carbocycles. The van der Waals surface area contributed by atoms with Gasteiger partial charge in [-0.25, -0.2) is 13.6 Å². The van der Waals surface area contributed by atoms with Crippen LogP contribution >= 0.6 is 11.6 Å². The average molecular weight is 400 g/mol. The van der Waals surface area contributed by atoms with Gasteiger partial charge in [-0.3, -0.25) is 0 Å². The molecule has 0 aliphatic heterocycles. The third-order valence-corrected chi connectivity index (χ3v) is 5.26. The van der Waals surface area contributed by atoms with Gasteiger partial charge in [0.1, 0.15) is 0 Å². The minimum Gasteiger partial charge on any atom is -0.225 e. The van der Waals surface area contributed by atoms with Crippen LogP contribution < -0.4 is 5.14 Å². The highest BCUT2D eigenvalue weighted by Gasteiger charge is 2.33. The Balaban J connectivity index is 1.95. The van der Waals surface area contributed by atoms with Crippen LogP contribution in [-0.2, 0) is 16.2 Å². The van der Waals surface area contributed by atoms with Crippen molar-refractivity contribution >= 4 is 32.8 Å². The molecule has 3 nitrogen and oxygen atoms in total. The van der Waals surface area contributed by atoms with Crippen LogP contribution in [0.2, 0.25) is 5.02 Å². The van der Waals surface area contributed by atoms with Crippen molar-refractivity contribution in [2.75, 3.05) is 0 Å². The Hall–Kier alpha value is -2.09. The van der Waals surface area contributed by atoms with Crippen LogP contribution in [0.5, 0.6) is 0 Å². The third kappa shape index (κ3) is 3.70. The van der Waals surface area contributed by atoms with Crippen molar-refractivity contribution in [2.24, 2.45) is 5.14 Å². The molecule has 8 heteroatoms. The molecular formula is C18H13ClF3NO2S. The molecule has 0 unspecified atom stereocenters. The lowest BCUT2D eigenvalue weighted by Gasteiger charge is -2.13. The molecule has 0 radical (unpaired) electrons. The fourth-order valence-electron chi connectivity index (χ4n) is 2.80. The van der Waals surface area contributed by atoms with Crippen molar-refractivity contribution in [3.8, 4) is 0 Å². The number of hydrogen-bond acceptors (Lipinski definition) is 2. The van der Waals surface area contributed by atoms with E-state index in [1.54, 1.807) is 12.1 Å². The maximum absolute atomic E-state index is 12.9. The fourth-order valence-corrected chi connectivity index (χ4v) is 3.60. The first-order chi connectivity index (χ1) is 12.1. The van der Waals surface area contributed by atoms with Gasteiger partial charge >= 0.3 is 6.18 Å². The maximum atomic E-state index is 12.9. The fraction of sp³-hybridized carbons (Fsp3) is 0.111. The summed E-state index contributed by atoms with van der Waals surface area (Å²) in [6.45, 7) is 0. The lowest BCUT2D eigenvalue weighted by molar-refractivity contribution is -0.137. The van der Waals surface area contributed by atoms with Crippen LogP contribution in [0, 0.1) is 0 Å². The summed E-state index contributed by atoms with van der Waals surface area (Å²) in [4.78, 5) is -0.0112. The third-order valence-electron chi connectivity index (χ3n) is 4.01. The molecule has 0 aromatic heterocycles. The molecule has 2 N–H and O–H groups in total. The van der Waals surface area contributed by atoms with Crippen molar-refractivity contribution in [1.82, 2.24) is 0 Å². The molecule has 0 atom stereocenters. The van der Waals surface area contributed by atoms with Gasteiger partial charge in [0.25, 0.3) is 0 Å². The first-order valence-electron chi connectivity index (χ1n) is 7.48. The summed E-state index contributed by atoms with van der Waals surface area (Å²) < 4.78 is 61.3. The molecule has 26 heavy (non-hydrogen) atoms. The van der Waals surface area contributed by atoms with E-state index in [0.29, 0.717) is 12.0 Å². The molecule has 0 saturated heterocycles. The van der Waals surface area contributed by atoms with Gasteiger partial charge < -0.3 is 0 Å². The largest absolute Gasteiger partial charge is 0.417 e. The van der Waals surface area contributed by atoms with E-state index < -0.39 is 21.8 Å². The predicted molar refractivity (Wildman–Crippen MR) is 94.8 cm³/mol. The van der Waals surface area contributed by atoms with Gasteiger partial charge in [0, 0.05) is 0 Å². The van der Waals surface area contributed by atoms with Gasteiger partial charge in [0.2, 0.25) is 10.0 Å². The Morgan fingerprint density at radius 3 is 1.96 bits per heavy atom. The normalized spacial score (nSPS) is 15.0. The Labute approximate surface area is 153 Å². The number of benzene rings is 2. The molecule has 3 rings (SSSR count). The number of nitrogens with two attached hydrogens (primary N) is 1. The summed E-state index contributed by atoms with van der Waals surface area (Å²) in [6, 6.07) is 9.61. The first kappa shape index (κ1) is 18.7. The lowest BCUT2D eigenvalue weighted by Crippen LogP contribution is -2.11. The van der Waals surface area contributed by atoms with Crippen molar-refractivity contribution in [3.63, 3.8) is 0 Å². The molecule has 2 aromatic carbocycles. The highest BCUT2D eigenvalue weighted by atomic mass is 35.5. The summed E-state index contributed by atoms with van der Waals surface area (Å²) >= 11 is 5.81. The Morgan fingerprint density at radius 1 is 0.923 bits per heavy atom. The standard InChI is InChI=1S/C18H13ClF3NO2S/c19-17-10-12(6-9-16(17)18(20,21)22)15-3-1-2-14(15)11-4-7-13(8-5-11)26(23,24)25/h2-10H,1H2,(H2,23,24,25). The highest BCUT2D eigenvalue weighted by molar-refractivity contribution is 7.89. The van der Waals surface area contributed by atoms with E-state index in [2.05, 4.69) is 0 Å². The Bertz CT molecular complexity index is 1020. The number of alkyl halides is 3. The van der Waals surface area contributed by atoms with Crippen LogP contribution in [0.3, 0.4) is 0 Å². The minimum atomic E-state index is -4.51. The van der Waals surface area contributed by atoms with Crippen LogP contribution in [0.4, 0.5) is 13.2 Å². The molecule has 136 valence electrons. The van der Waals surface area contributed by atoms with Gasteiger partial charge in [0.05, 0.1) is 15.5 Å². The zero-order valence-electron chi connectivity index (χ0n) is 13.2. The van der Waals surface area contributed by atoms with Gasteiger partial charge in [-0.2, -0.15) is 13.2 Å². The SMILES string of the molecule is NS(=O)(=O)c1ccc(C2=CCC=C2c2ccc(C(F)(F)F)c(Cl)c2)cc1. The molecule has 2 aromatic rings. The van der Waals surface area contributed by atoms with Crippen molar-refractivity contribution in [2.45, 2.75) is 17.5 Å². The molecule has 0 fully saturated rings. The predicted octanol–water partition coefficient (Wildman–Crippen LogP) is 4.88. The van der Waals surface area contributed by atoms with Crippen LogP contribution in [0.15, 0.2) is 59.5 Å². The molecule has 0 saturated carbocycles. The zero-order valence-corrected chi connectivity index (χ0v) is 14.8. The smallest absolute Gasteiger partial charge is 0.225 e. The van der Waals surface area contributed by atoms with E-state index in [4.69, 9.17) is 16.7 Å². The van der Waals surface area contributed by atoms with Crippen molar-refractivity contribution in [3.05, 3.63) is 76.3 Å². The topological polar surface area (TPSA) is 60.2 Å². The van der Waals surface area contributed by atoms with Crippen molar-refractivity contribution in [1.29, 1.82) is 0 Å². The summed E-state index contributed by atoms with van der Waals surface area (Å²) in [6.07, 6.45) is -0.114. The van der Waals surface area contributed by atoms with E-state index in [0.717, 1.165) is 22.8 Å². The molecule has 0 spiro atoms. The molecule has 0 heterocycles. The molecule has 0 bridgehead atoms. The second kappa shape index (κ2) is 6.57. The van der Waals surface area contributed by atoms with E-state index >= 15 is 0 Å². The summed E-state index contributed by atoms with van der Waals surface area (Å²) in [5, 5.41) is 4.72. The van der Waals surface area contributed by atoms with Gasteiger partial charge in [-0.05, 0) is 53.0 Å². The van der Waals surface area contributed by atoms with Crippen LogP contribution in [-0.4, -0.2) is 8.42 Å². The van der Waals surface area contributed by atoms with Crippen LogP contribution in [0.1, 0.15) is 23.1 Å². The first-order valence-corrected chi connectivity index (χ1v) is 9.41. The summed E-state index contributed by atoms with van der Waals surface area (Å²) in [7, 11) is -3.79. The van der Waals surface area contributed by atoms with Gasteiger partial charge in [-0.15, -0.1) is 0 Å².